The molecular formula is C11H13BrN2. The zero-order valence-corrected chi connectivity index (χ0v) is 9.95. The fourth-order valence-corrected chi connectivity index (χ4v) is 1.99. The summed E-state index contributed by atoms with van der Waals surface area (Å²) in [7, 11) is 0. The fraction of sp³-hybridized carbons (Fsp3) is 0.364. The van der Waals surface area contributed by atoms with Gasteiger partial charge in [-0.3, -0.25) is 0 Å². The lowest BCUT2D eigenvalue weighted by molar-refractivity contribution is 0.638. The van der Waals surface area contributed by atoms with E-state index in [1.54, 1.807) is 0 Å². The van der Waals surface area contributed by atoms with E-state index in [1.165, 1.54) is 0 Å². The Morgan fingerprint density at radius 2 is 2.29 bits per heavy atom. The van der Waals surface area contributed by atoms with Crippen LogP contribution < -0.4 is 0 Å². The molecule has 3 heteroatoms. The monoisotopic (exact) mass is 252 g/mol. The highest BCUT2D eigenvalue weighted by atomic mass is 79.9. The Balaban J connectivity index is 2.46. The van der Waals surface area contributed by atoms with Gasteiger partial charge >= 0.3 is 0 Å². The van der Waals surface area contributed by atoms with Gasteiger partial charge in [0.2, 0.25) is 0 Å². The van der Waals surface area contributed by atoms with E-state index in [2.05, 4.69) is 45.4 Å². The molecule has 2 aromatic rings. The van der Waals surface area contributed by atoms with Gasteiger partial charge in [-0.15, -0.1) is 0 Å². The molecule has 0 saturated carbocycles. The largest absolute Gasteiger partial charge is 0.306 e. The van der Waals surface area contributed by atoms with E-state index < -0.39 is 0 Å². The lowest BCUT2D eigenvalue weighted by Gasteiger charge is -1.97. The number of pyridine rings is 1. The first-order chi connectivity index (χ1) is 6.66. The van der Waals surface area contributed by atoms with Gasteiger partial charge in [-0.25, -0.2) is 4.98 Å². The molecule has 0 fully saturated rings. The summed E-state index contributed by atoms with van der Waals surface area (Å²) >= 11 is 3.49. The second-order valence-corrected chi connectivity index (χ2v) is 4.77. The third kappa shape index (κ3) is 1.82. The van der Waals surface area contributed by atoms with E-state index in [-0.39, 0.29) is 0 Å². The molecule has 2 rings (SSSR count). The average molecular weight is 253 g/mol. The van der Waals surface area contributed by atoms with Crippen molar-refractivity contribution >= 4 is 21.6 Å². The first-order valence-corrected chi connectivity index (χ1v) is 5.58. The van der Waals surface area contributed by atoms with Crippen LogP contribution in [0.3, 0.4) is 0 Å². The van der Waals surface area contributed by atoms with E-state index in [1.807, 2.05) is 18.3 Å². The molecule has 0 atom stereocenters. The van der Waals surface area contributed by atoms with Gasteiger partial charge < -0.3 is 4.40 Å². The van der Waals surface area contributed by atoms with Crippen LogP contribution in [0, 0.1) is 5.92 Å². The molecule has 2 nitrogen and oxygen atoms in total. The molecule has 2 heterocycles. The molecule has 0 bridgehead atoms. The number of nitrogens with zero attached hydrogens (tertiary/aromatic N) is 2. The van der Waals surface area contributed by atoms with Gasteiger partial charge in [0.15, 0.2) is 5.65 Å². The van der Waals surface area contributed by atoms with E-state index in [9.17, 15) is 0 Å². The summed E-state index contributed by atoms with van der Waals surface area (Å²) < 4.78 is 3.11. The minimum atomic E-state index is 0.652. The molecule has 0 radical (unpaired) electrons. The van der Waals surface area contributed by atoms with Crippen molar-refractivity contribution in [2.75, 3.05) is 0 Å². The van der Waals surface area contributed by atoms with Crippen LogP contribution in [0.15, 0.2) is 29.0 Å². The zero-order valence-electron chi connectivity index (χ0n) is 8.37. The SMILES string of the molecule is CC(C)Cc1cn2cccc(Br)c2n1. The number of fused-ring (bicyclic) bond motifs is 1. The van der Waals surface area contributed by atoms with Crippen molar-refractivity contribution in [2.45, 2.75) is 20.3 Å². The van der Waals surface area contributed by atoms with Crippen molar-refractivity contribution in [2.24, 2.45) is 5.92 Å². The summed E-state index contributed by atoms with van der Waals surface area (Å²) in [5, 5.41) is 0. The quantitative estimate of drug-likeness (QED) is 0.802. The smallest absolute Gasteiger partial charge is 0.151 e. The van der Waals surface area contributed by atoms with Crippen LogP contribution >= 0.6 is 15.9 Å². The first kappa shape index (κ1) is 9.71. The number of imidazole rings is 1. The molecule has 0 aliphatic rings. The number of hydrogen-bond acceptors (Lipinski definition) is 1. The molecular weight excluding hydrogens is 240 g/mol. The van der Waals surface area contributed by atoms with Gasteiger partial charge in [0, 0.05) is 12.4 Å². The number of hydrogen-bond donors (Lipinski definition) is 0. The highest BCUT2D eigenvalue weighted by Crippen LogP contribution is 2.18. The maximum atomic E-state index is 4.57. The minimum absolute atomic E-state index is 0.652. The summed E-state index contributed by atoms with van der Waals surface area (Å²) in [6.45, 7) is 4.41. The van der Waals surface area contributed by atoms with Crippen LogP contribution in [0.25, 0.3) is 5.65 Å². The molecule has 0 aliphatic heterocycles. The van der Waals surface area contributed by atoms with Crippen LogP contribution in [0.4, 0.5) is 0 Å². The first-order valence-electron chi connectivity index (χ1n) is 4.79. The van der Waals surface area contributed by atoms with E-state index in [4.69, 9.17) is 0 Å². The summed E-state index contributed by atoms with van der Waals surface area (Å²) in [5.74, 6) is 0.652. The topological polar surface area (TPSA) is 17.3 Å². The van der Waals surface area contributed by atoms with Crippen LogP contribution in [0.5, 0.6) is 0 Å². The Morgan fingerprint density at radius 1 is 1.50 bits per heavy atom. The lowest BCUT2D eigenvalue weighted by Crippen LogP contribution is -1.93. The van der Waals surface area contributed by atoms with Gasteiger partial charge in [-0.1, -0.05) is 13.8 Å². The Labute approximate surface area is 92.1 Å². The summed E-state index contributed by atoms with van der Waals surface area (Å²) in [4.78, 5) is 4.57. The third-order valence-electron chi connectivity index (χ3n) is 2.10. The third-order valence-corrected chi connectivity index (χ3v) is 2.72. The summed E-state index contributed by atoms with van der Waals surface area (Å²) in [6.07, 6.45) is 5.16. The van der Waals surface area contributed by atoms with Crippen molar-refractivity contribution in [1.29, 1.82) is 0 Å². The molecule has 74 valence electrons. The predicted molar refractivity (Wildman–Crippen MR) is 61.4 cm³/mol. The highest BCUT2D eigenvalue weighted by Gasteiger charge is 2.05. The molecule has 0 saturated heterocycles. The van der Waals surface area contributed by atoms with Crippen molar-refractivity contribution in [3.63, 3.8) is 0 Å². The molecule has 0 unspecified atom stereocenters. The van der Waals surface area contributed by atoms with Crippen LogP contribution in [0.2, 0.25) is 0 Å². The summed E-state index contributed by atoms with van der Waals surface area (Å²) in [6, 6.07) is 4.03. The Morgan fingerprint density at radius 3 is 2.93 bits per heavy atom. The number of rotatable bonds is 2. The Bertz CT molecular complexity index is 445. The molecule has 0 spiro atoms. The van der Waals surface area contributed by atoms with E-state index in [0.29, 0.717) is 5.92 Å². The fourth-order valence-electron chi connectivity index (χ4n) is 1.55. The minimum Gasteiger partial charge on any atom is -0.306 e. The van der Waals surface area contributed by atoms with Crippen molar-refractivity contribution < 1.29 is 0 Å². The van der Waals surface area contributed by atoms with Gasteiger partial charge in [0.05, 0.1) is 10.2 Å². The molecule has 2 aromatic heterocycles. The molecule has 0 aromatic carbocycles. The Kier molecular flexibility index (Phi) is 2.59. The van der Waals surface area contributed by atoms with E-state index >= 15 is 0 Å². The molecule has 0 amide bonds. The second-order valence-electron chi connectivity index (χ2n) is 3.92. The van der Waals surface area contributed by atoms with Crippen LogP contribution in [-0.4, -0.2) is 9.38 Å². The molecule has 14 heavy (non-hydrogen) atoms. The standard InChI is InChI=1S/C11H13BrN2/c1-8(2)6-9-7-14-5-3-4-10(12)11(14)13-9/h3-5,7-8H,6H2,1-2H3. The molecule has 0 aliphatic carbocycles. The lowest BCUT2D eigenvalue weighted by atomic mass is 10.1. The van der Waals surface area contributed by atoms with Crippen molar-refractivity contribution in [3.8, 4) is 0 Å². The van der Waals surface area contributed by atoms with E-state index in [0.717, 1.165) is 22.2 Å². The predicted octanol–water partition coefficient (Wildman–Crippen LogP) is 3.30. The Hall–Kier alpha value is -0.830. The maximum absolute atomic E-state index is 4.57. The number of aromatic nitrogens is 2. The zero-order chi connectivity index (χ0) is 10.1. The van der Waals surface area contributed by atoms with Crippen molar-refractivity contribution in [1.82, 2.24) is 9.38 Å². The maximum Gasteiger partial charge on any atom is 0.151 e. The van der Waals surface area contributed by atoms with Crippen LogP contribution in [0.1, 0.15) is 19.5 Å². The van der Waals surface area contributed by atoms with Crippen molar-refractivity contribution in [3.05, 3.63) is 34.7 Å². The van der Waals surface area contributed by atoms with Crippen LogP contribution in [-0.2, 0) is 6.42 Å². The van der Waals surface area contributed by atoms with Gasteiger partial charge in [0.1, 0.15) is 0 Å². The highest BCUT2D eigenvalue weighted by molar-refractivity contribution is 9.10. The summed E-state index contributed by atoms with van der Waals surface area (Å²) in [5.41, 5.74) is 2.16. The van der Waals surface area contributed by atoms with Gasteiger partial charge in [-0.05, 0) is 40.4 Å². The average Bonchev–Trinajstić information content (AvgIpc) is 2.47. The van der Waals surface area contributed by atoms with Gasteiger partial charge in [0.25, 0.3) is 0 Å². The second kappa shape index (κ2) is 3.73. The number of halogens is 1. The molecule has 0 N–H and O–H groups in total. The normalized spacial score (nSPS) is 11.4. The van der Waals surface area contributed by atoms with Gasteiger partial charge in [-0.2, -0.15) is 0 Å².